The van der Waals surface area contributed by atoms with Gasteiger partial charge in [-0.3, -0.25) is 0 Å². The molecule has 0 saturated heterocycles. The Bertz CT molecular complexity index is 740. The lowest BCUT2D eigenvalue weighted by molar-refractivity contribution is 0.628. The van der Waals surface area contributed by atoms with Gasteiger partial charge in [0, 0.05) is 9.75 Å². The summed E-state index contributed by atoms with van der Waals surface area (Å²) in [5.41, 5.74) is 0.695. The minimum absolute atomic E-state index is 0.0505. The van der Waals surface area contributed by atoms with Crippen molar-refractivity contribution in [2.24, 2.45) is 0 Å². The molecule has 1 nitrogen and oxygen atoms in total. The fourth-order valence-corrected chi connectivity index (χ4v) is 4.20. The Labute approximate surface area is 140 Å². The molecule has 0 radical (unpaired) electrons. The lowest BCUT2D eigenvalue weighted by Gasteiger charge is -2.18. The molecule has 1 unspecified atom stereocenters. The number of nitrogens with one attached hydrogen (secondary N) is 1. The number of halogens is 3. The molecule has 3 rings (SSSR count). The zero-order valence-electron chi connectivity index (χ0n) is 10.6. The molecule has 0 fully saturated rings. The van der Waals surface area contributed by atoms with Gasteiger partial charge < -0.3 is 5.32 Å². The van der Waals surface area contributed by atoms with Crippen molar-refractivity contribution in [2.45, 2.75) is 6.04 Å². The smallest absolute Gasteiger partial charge is 0.124 e. The van der Waals surface area contributed by atoms with Crippen LogP contribution < -0.4 is 5.32 Å². The molecule has 1 atom stereocenters. The van der Waals surface area contributed by atoms with Gasteiger partial charge in [0.05, 0.1) is 21.1 Å². The summed E-state index contributed by atoms with van der Waals surface area (Å²) in [6, 6.07) is 12.2. The maximum Gasteiger partial charge on any atom is 0.124 e. The van der Waals surface area contributed by atoms with E-state index in [0.717, 1.165) is 14.1 Å². The first-order valence-corrected chi connectivity index (χ1v) is 8.59. The molecule has 1 N–H and O–H groups in total. The second-order valence-electron chi connectivity index (χ2n) is 4.36. The molecule has 1 aromatic carbocycles. The Morgan fingerprint density at radius 1 is 1.05 bits per heavy atom. The van der Waals surface area contributed by atoms with Gasteiger partial charge in [-0.05, 0) is 41.8 Å². The van der Waals surface area contributed by atoms with E-state index in [0.29, 0.717) is 10.7 Å². The van der Waals surface area contributed by atoms with E-state index in [4.69, 9.17) is 23.2 Å². The van der Waals surface area contributed by atoms with Gasteiger partial charge in [-0.25, -0.2) is 4.39 Å². The summed E-state index contributed by atoms with van der Waals surface area (Å²) in [7, 11) is 0. The largest absolute Gasteiger partial charge is 0.372 e. The predicted molar refractivity (Wildman–Crippen MR) is 90.5 cm³/mol. The molecule has 2 heterocycles. The Balaban J connectivity index is 1.96. The standard InChI is InChI=1S/C15H10Cl2FNS2/c16-10-8-9(18)3-4-11(10)19-15(12-2-1-7-20-12)13-5-6-14(17)21-13/h1-8,15,19H. The normalized spacial score (nSPS) is 12.3. The van der Waals surface area contributed by atoms with Crippen LogP contribution in [0.2, 0.25) is 9.36 Å². The quantitative estimate of drug-likeness (QED) is 0.565. The molecule has 6 heteroatoms. The summed E-state index contributed by atoms with van der Waals surface area (Å²) < 4.78 is 13.9. The Hall–Kier alpha value is -1.07. The molecule has 0 spiro atoms. The van der Waals surface area contributed by atoms with Gasteiger partial charge in [-0.2, -0.15) is 0 Å². The Morgan fingerprint density at radius 3 is 2.52 bits per heavy atom. The molecule has 0 aliphatic rings. The van der Waals surface area contributed by atoms with E-state index in [1.807, 2.05) is 29.6 Å². The number of anilines is 1. The third-order valence-corrected chi connectivity index (χ3v) is 5.48. The molecule has 21 heavy (non-hydrogen) atoms. The van der Waals surface area contributed by atoms with Gasteiger partial charge in [0.2, 0.25) is 0 Å². The third kappa shape index (κ3) is 3.40. The van der Waals surface area contributed by atoms with Crippen LogP contribution in [0.1, 0.15) is 15.8 Å². The lowest BCUT2D eigenvalue weighted by atomic mass is 10.2. The van der Waals surface area contributed by atoms with Crippen molar-refractivity contribution in [3.05, 3.63) is 72.8 Å². The van der Waals surface area contributed by atoms with Crippen molar-refractivity contribution in [2.75, 3.05) is 5.32 Å². The Morgan fingerprint density at radius 2 is 1.90 bits per heavy atom. The van der Waals surface area contributed by atoms with Gasteiger partial charge in [0.25, 0.3) is 0 Å². The van der Waals surface area contributed by atoms with Crippen LogP contribution in [0.3, 0.4) is 0 Å². The van der Waals surface area contributed by atoms with Crippen molar-refractivity contribution in [3.8, 4) is 0 Å². The van der Waals surface area contributed by atoms with Crippen LogP contribution >= 0.6 is 45.9 Å². The second-order valence-corrected chi connectivity index (χ2v) is 7.49. The van der Waals surface area contributed by atoms with E-state index >= 15 is 0 Å². The average Bonchev–Trinajstić information content (AvgIpc) is 3.09. The second kappa shape index (κ2) is 6.36. The molecule has 0 amide bonds. The van der Waals surface area contributed by atoms with Crippen molar-refractivity contribution < 1.29 is 4.39 Å². The minimum Gasteiger partial charge on any atom is -0.372 e. The third-order valence-electron chi connectivity index (χ3n) is 2.94. The number of thiophene rings is 2. The predicted octanol–water partition coefficient (Wildman–Crippen LogP) is 6.46. The monoisotopic (exact) mass is 357 g/mol. The highest BCUT2D eigenvalue weighted by Gasteiger charge is 2.18. The summed E-state index contributed by atoms with van der Waals surface area (Å²) in [5.74, 6) is -0.350. The van der Waals surface area contributed by atoms with E-state index in [9.17, 15) is 4.39 Å². The topological polar surface area (TPSA) is 12.0 Å². The fourth-order valence-electron chi connectivity index (χ4n) is 1.98. The highest BCUT2D eigenvalue weighted by molar-refractivity contribution is 7.16. The first-order chi connectivity index (χ1) is 10.1. The van der Waals surface area contributed by atoms with Crippen molar-refractivity contribution in [1.29, 1.82) is 0 Å². The Kier molecular flexibility index (Phi) is 4.50. The van der Waals surface area contributed by atoms with Crippen LogP contribution in [0.15, 0.2) is 47.8 Å². The first-order valence-electron chi connectivity index (χ1n) is 6.14. The van der Waals surface area contributed by atoms with Crippen molar-refractivity contribution in [3.63, 3.8) is 0 Å². The fraction of sp³-hybridized carbons (Fsp3) is 0.0667. The molecular formula is C15H10Cl2FNS2. The van der Waals surface area contributed by atoms with E-state index in [2.05, 4.69) is 5.32 Å². The lowest BCUT2D eigenvalue weighted by Crippen LogP contribution is -2.09. The average molecular weight is 358 g/mol. The van der Waals surface area contributed by atoms with Gasteiger partial charge in [-0.1, -0.05) is 29.3 Å². The summed E-state index contributed by atoms with van der Waals surface area (Å²) >= 11 is 15.3. The SMILES string of the molecule is Fc1ccc(NC(c2cccs2)c2ccc(Cl)s2)c(Cl)c1. The van der Waals surface area contributed by atoms with Gasteiger partial charge >= 0.3 is 0 Å². The number of hydrogen-bond donors (Lipinski definition) is 1. The van der Waals surface area contributed by atoms with Crippen LogP contribution in [-0.4, -0.2) is 0 Å². The molecule has 0 bridgehead atoms. The minimum atomic E-state index is -0.350. The summed E-state index contributed by atoms with van der Waals surface area (Å²) in [6.07, 6.45) is 0. The first kappa shape index (κ1) is 14.9. The van der Waals surface area contributed by atoms with Gasteiger partial charge in [0.15, 0.2) is 0 Å². The van der Waals surface area contributed by atoms with E-state index in [1.165, 1.54) is 23.5 Å². The molecule has 2 aromatic heterocycles. The highest BCUT2D eigenvalue weighted by atomic mass is 35.5. The van der Waals surface area contributed by atoms with Crippen molar-refractivity contribution in [1.82, 2.24) is 0 Å². The van der Waals surface area contributed by atoms with Crippen LogP contribution in [0.25, 0.3) is 0 Å². The van der Waals surface area contributed by atoms with Crippen LogP contribution in [0, 0.1) is 5.82 Å². The molecule has 0 aliphatic carbocycles. The van der Waals surface area contributed by atoms with E-state index < -0.39 is 0 Å². The van der Waals surface area contributed by atoms with Crippen molar-refractivity contribution >= 4 is 51.6 Å². The number of benzene rings is 1. The summed E-state index contributed by atoms with van der Waals surface area (Å²) in [6.45, 7) is 0. The summed E-state index contributed by atoms with van der Waals surface area (Å²) in [4.78, 5) is 2.23. The molecule has 3 aromatic rings. The maximum atomic E-state index is 13.2. The molecular weight excluding hydrogens is 348 g/mol. The summed E-state index contributed by atoms with van der Waals surface area (Å²) in [5, 5.41) is 5.75. The van der Waals surface area contributed by atoms with Crippen LogP contribution in [-0.2, 0) is 0 Å². The van der Waals surface area contributed by atoms with Gasteiger partial charge in [0.1, 0.15) is 5.82 Å². The highest BCUT2D eigenvalue weighted by Crippen LogP contribution is 2.37. The molecule has 108 valence electrons. The zero-order chi connectivity index (χ0) is 14.8. The molecule has 0 saturated carbocycles. The maximum absolute atomic E-state index is 13.2. The number of hydrogen-bond acceptors (Lipinski definition) is 3. The van der Waals surface area contributed by atoms with E-state index in [-0.39, 0.29) is 11.9 Å². The molecule has 0 aliphatic heterocycles. The zero-order valence-corrected chi connectivity index (χ0v) is 13.8. The van der Waals surface area contributed by atoms with Gasteiger partial charge in [-0.15, -0.1) is 22.7 Å². The van der Waals surface area contributed by atoms with Crippen LogP contribution in [0.4, 0.5) is 10.1 Å². The number of rotatable bonds is 4. The van der Waals surface area contributed by atoms with E-state index in [1.54, 1.807) is 17.4 Å². The van der Waals surface area contributed by atoms with Crippen LogP contribution in [0.5, 0.6) is 0 Å².